The Morgan fingerprint density at radius 2 is 1.36 bits per heavy atom. The molecule has 0 aliphatic carbocycles. The molecule has 0 radical (unpaired) electrons. The fourth-order valence-corrected chi connectivity index (χ4v) is 6.12. The highest BCUT2D eigenvalue weighted by atomic mass is 32.2. The van der Waals surface area contributed by atoms with Crippen LogP contribution in [0.25, 0.3) is 0 Å². The maximum absolute atomic E-state index is 13.4. The zero-order valence-corrected chi connectivity index (χ0v) is 19.0. The van der Waals surface area contributed by atoms with Gasteiger partial charge in [0, 0.05) is 5.75 Å². The van der Waals surface area contributed by atoms with Crippen LogP contribution in [0.15, 0.2) is 102 Å². The topological polar surface area (TPSA) is 69.6 Å². The van der Waals surface area contributed by atoms with Gasteiger partial charge in [0.15, 0.2) is 0 Å². The Labute approximate surface area is 197 Å². The van der Waals surface area contributed by atoms with E-state index in [2.05, 4.69) is 41.7 Å². The number of amides is 1. The van der Waals surface area contributed by atoms with Crippen LogP contribution < -0.4 is 5.32 Å². The molecule has 2 unspecified atom stereocenters. The summed E-state index contributed by atoms with van der Waals surface area (Å²) in [6.45, 7) is 1.78. The van der Waals surface area contributed by atoms with E-state index in [9.17, 15) is 14.7 Å². The molecule has 166 valence electrons. The lowest BCUT2D eigenvalue weighted by Crippen LogP contribution is -2.72. The molecule has 2 atom stereocenters. The molecule has 1 fully saturated rings. The maximum Gasteiger partial charge on any atom is 0.352 e. The molecule has 3 aromatic rings. The van der Waals surface area contributed by atoms with E-state index in [1.165, 1.54) is 4.90 Å². The third-order valence-electron chi connectivity index (χ3n) is 6.35. The van der Waals surface area contributed by atoms with Crippen LogP contribution in [0.2, 0.25) is 0 Å². The van der Waals surface area contributed by atoms with E-state index < -0.39 is 17.6 Å². The number of carbonyl (C=O) groups excluding carboxylic acids is 1. The Bertz CT molecular complexity index is 1120. The first kappa shape index (κ1) is 21.5. The molecule has 0 aromatic heterocycles. The predicted octanol–water partition coefficient (Wildman–Crippen LogP) is 4.21. The van der Waals surface area contributed by atoms with Crippen LogP contribution in [-0.2, 0) is 15.1 Å². The monoisotopic (exact) mass is 456 g/mol. The third kappa shape index (κ3) is 3.46. The molecule has 5 nitrogen and oxygen atoms in total. The molecule has 2 N–H and O–H groups in total. The van der Waals surface area contributed by atoms with Gasteiger partial charge in [0.05, 0.1) is 5.54 Å². The van der Waals surface area contributed by atoms with Crippen LogP contribution in [0.3, 0.4) is 0 Å². The van der Waals surface area contributed by atoms with Gasteiger partial charge in [-0.25, -0.2) is 4.79 Å². The first-order chi connectivity index (χ1) is 16.0. The molecular weight excluding hydrogens is 432 g/mol. The van der Waals surface area contributed by atoms with Crippen LogP contribution in [0.1, 0.15) is 23.6 Å². The highest BCUT2D eigenvalue weighted by Gasteiger charge is 2.56. The number of fused-ring (bicyclic) bond motifs is 1. The summed E-state index contributed by atoms with van der Waals surface area (Å²) in [6, 6.07) is 29.8. The summed E-state index contributed by atoms with van der Waals surface area (Å²) in [4.78, 5) is 26.7. The summed E-state index contributed by atoms with van der Waals surface area (Å²) in [5, 5.41) is 13.2. The van der Waals surface area contributed by atoms with Crippen LogP contribution in [-0.4, -0.2) is 39.1 Å². The molecule has 2 aliphatic rings. The van der Waals surface area contributed by atoms with Gasteiger partial charge in [0.25, 0.3) is 0 Å². The van der Waals surface area contributed by atoms with Crippen molar-refractivity contribution in [3.8, 4) is 0 Å². The van der Waals surface area contributed by atoms with Gasteiger partial charge in [-0.2, -0.15) is 0 Å². The van der Waals surface area contributed by atoms with Crippen molar-refractivity contribution in [1.29, 1.82) is 0 Å². The number of nitrogens with one attached hydrogen (secondary N) is 1. The Balaban J connectivity index is 1.64. The second kappa shape index (κ2) is 8.54. The summed E-state index contributed by atoms with van der Waals surface area (Å²) in [5.41, 5.74) is 3.09. The summed E-state index contributed by atoms with van der Waals surface area (Å²) >= 11 is 1.60. The molecule has 5 rings (SSSR count). The van der Waals surface area contributed by atoms with Crippen molar-refractivity contribution in [3.05, 3.63) is 119 Å². The highest BCUT2D eigenvalue weighted by Crippen LogP contribution is 2.44. The molecule has 1 saturated heterocycles. The van der Waals surface area contributed by atoms with Gasteiger partial charge in [-0.3, -0.25) is 15.0 Å². The highest BCUT2D eigenvalue weighted by molar-refractivity contribution is 8.00. The minimum atomic E-state index is -1.05. The van der Waals surface area contributed by atoms with Crippen molar-refractivity contribution in [3.63, 3.8) is 0 Å². The maximum atomic E-state index is 13.4. The molecule has 0 bridgehead atoms. The van der Waals surface area contributed by atoms with Crippen LogP contribution in [0.5, 0.6) is 0 Å². The average molecular weight is 457 g/mol. The summed E-state index contributed by atoms with van der Waals surface area (Å²) in [5.74, 6) is -0.676. The number of thioether (sulfide) groups is 1. The summed E-state index contributed by atoms with van der Waals surface area (Å²) < 4.78 is 0. The molecule has 6 heteroatoms. The van der Waals surface area contributed by atoms with Crippen molar-refractivity contribution >= 4 is 23.6 Å². The third-order valence-corrected chi connectivity index (χ3v) is 7.78. The zero-order chi connectivity index (χ0) is 23.0. The van der Waals surface area contributed by atoms with Crippen LogP contribution in [0.4, 0.5) is 0 Å². The van der Waals surface area contributed by atoms with E-state index in [1.807, 2.05) is 54.6 Å². The number of carbonyl (C=O) groups is 2. The average Bonchev–Trinajstić information content (AvgIpc) is 2.86. The molecule has 1 amide bonds. The number of aliphatic carboxylic acids is 1. The van der Waals surface area contributed by atoms with E-state index >= 15 is 0 Å². The van der Waals surface area contributed by atoms with Crippen molar-refractivity contribution in [1.82, 2.24) is 10.2 Å². The number of nitrogens with zero attached hydrogens (tertiary/aromatic N) is 1. The minimum Gasteiger partial charge on any atom is -0.477 e. The van der Waals surface area contributed by atoms with Crippen molar-refractivity contribution < 1.29 is 14.7 Å². The molecular formula is C27H24N2O3S. The zero-order valence-electron chi connectivity index (χ0n) is 18.1. The van der Waals surface area contributed by atoms with E-state index in [0.717, 1.165) is 22.3 Å². The number of hydrogen-bond donors (Lipinski definition) is 2. The van der Waals surface area contributed by atoms with Crippen LogP contribution >= 0.6 is 11.8 Å². The predicted molar refractivity (Wildman–Crippen MR) is 130 cm³/mol. The van der Waals surface area contributed by atoms with Gasteiger partial charge < -0.3 is 5.11 Å². The molecule has 0 spiro atoms. The second-order valence-electron chi connectivity index (χ2n) is 8.31. The number of rotatable bonds is 6. The van der Waals surface area contributed by atoms with E-state index in [0.29, 0.717) is 5.75 Å². The Morgan fingerprint density at radius 3 is 1.79 bits per heavy atom. The fraction of sp³-hybridized carbons (Fsp3) is 0.185. The lowest BCUT2D eigenvalue weighted by molar-refractivity contribution is -0.149. The molecule has 3 aromatic carbocycles. The van der Waals surface area contributed by atoms with Gasteiger partial charge in [0.1, 0.15) is 17.1 Å². The van der Waals surface area contributed by atoms with E-state index in [4.69, 9.17) is 0 Å². The van der Waals surface area contributed by atoms with Gasteiger partial charge >= 0.3 is 5.97 Å². The number of benzene rings is 3. The first-order valence-corrected chi connectivity index (χ1v) is 11.9. The molecule has 33 heavy (non-hydrogen) atoms. The van der Waals surface area contributed by atoms with Gasteiger partial charge in [-0.05, 0) is 29.2 Å². The lowest BCUT2D eigenvalue weighted by Gasteiger charge is -2.52. The largest absolute Gasteiger partial charge is 0.477 e. The normalized spacial score (nSPS) is 20.3. The molecule has 0 saturated carbocycles. The van der Waals surface area contributed by atoms with Crippen LogP contribution in [0, 0.1) is 0 Å². The molecule has 2 heterocycles. The fourth-order valence-electron chi connectivity index (χ4n) is 4.82. The number of hydrogen-bond acceptors (Lipinski definition) is 4. The SMILES string of the molecule is CC1=C(C(=O)O)N2C(=O)C(NC(c3ccccc3)(c3ccccc3)c3ccccc3)C2SC1. The first-order valence-electron chi connectivity index (χ1n) is 10.9. The summed E-state index contributed by atoms with van der Waals surface area (Å²) in [6.07, 6.45) is 0. The lowest BCUT2D eigenvalue weighted by atomic mass is 9.76. The Hall–Kier alpha value is -3.35. The van der Waals surface area contributed by atoms with Crippen molar-refractivity contribution in [2.24, 2.45) is 0 Å². The standard InChI is InChI=1S/C27H24N2O3S/c1-18-17-33-25-22(24(30)29(25)23(18)26(31)32)28-27(19-11-5-2-6-12-19,20-13-7-3-8-14-20)21-15-9-4-10-16-21/h2-16,22,25,28H,17H2,1H3,(H,31,32). The van der Waals surface area contributed by atoms with E-state index in [1.54, 1.807) is 18.7 Å². The van der Waals surface area contributed by atoms with Gasteiger partial charge in [0.2, 0.25) is 5.91 Å². The number of β-lactam (4-membered cyclic amide) rings is 1. The van der Waals surface area contributed by atoms with Gasteiger partial charge in [-0.15, -0.1) is 11.8 Å². The number of carboxylic acids is 1. The van der Waals surface area contributed by atoms with E-state index in [-0.39, 0.29) is 17.0 Å². The minimum absolute atomic E-state index is 0.117. The molecule has 2 aliphatic heterocycles. The Kier molecular flexibility index (Phi) is 5.56. The summed E-state index contributed by atoms with van der Waals surface area (Å²) in [7, 11) is 0. The van der Waals surface area contributed by atoms with Crippen molar-refractivity contribution in [2.45, 2.75) is 23.9 Å². The second-order valence-corrected chi connectivity index (χ2v) is 9.42. The smallest absolute Gasteiger partial charge is 0.352 e. The number of carboxylic acid groups (broad SMARTS) is 1. The van der Waals surface area contributed by atoms with Gasteiger partial charge in [-0.1, -0.05) is 91.0 Å². The van der Waals surface area contributed by atoms with Crippen molar-refractivity contribution in [2.75, 3.05) is 5.75 Å². The quantitative estimate of drug-likeness (QED) is 0.430. The Morgan fingerprint density at radius 1 is 0.909 bits per heavy atom.